The van der Waals surface area contributed by atoms with E-state index in [1.165, 1.54) is 48.0 Å². The quantitative estimate of drug-likeness (QED) is 0.554. The van der Waals surface area contributed by atoms with Gasteiger partial charge in [0.1, 0.15) is 0 Å². The summed E-state index contributed by atoms with van der Waals surface area (Å²) in [5, 5.41) is 3.05. The van der Waals surface area contributed by atoms with Crippen LogP contribution in [0.4, 0.5) is 5.69 Å². The Morgan fingerprint density at radius 1 is 0.741 bits per heavy atom. The molecule has 0 aliphatic carbocycles. The van der Waals surface area contributed by atoms with Gasteiger partial charge in [-0.1, -0.05) is 49.6 Å². The van der Waals surface area contributed by atoms with Gasteiger partial charge < -0.3 is 0 Å². The molecule has 0 spiro atoms. The van der Waals surface area contributed by atoms with Crippen molar-refractivity contribution in [2.45, 2.75) is 76.0 Å². The van der Waals surface area contributed by atoms with Crippen LogP contribution in [-0.4, -0.2) is 34.5 Å². The summed E-state index contributed by atoms with van der Waals surface area (Å²) in [7, 11) is -0.422. The summed E-state index contributed by atoms with van der Waals surface area (Å²) < 4.78 is 0. The van der Waals surface area contributed by atoms with Crippen LogP contribution in [0.1, 0.15) is 53.4 Å². The Labute approximate surface area is 165 Å². The summed E-state index contributed by atoms with van der Waals surface area (Å²) in [5.41, 5.74) is 3.72. The number of hydrogen-bond acceptors (Lipinski definition) is 2. The van der Waals surface area contributed by atoms with Gasteiger partial charge in [0.25, 0.3) is 11.8 Å². The van der Waals surface area contributed by atoms with Crippen LogP contribution in [-0.2, 0) is 9.59 Å². The first kappa shape index (κ1) is 19.3. The molecular weight excluding hydrogens is 372 g/mol. The number of benzene rings is 1. The van der Waals surface area contributed by atoms with Crippen LogP contribution in [0.25, 0.3) is 0 Å². The predicted molar refractivity (Wildman–Crippen MR) is 117 cm³/mol. The Morgan fingerprint density at radius 3 is 1.67 bits per heavy atom. The molecule has 2 amide bonds. The number of imide groups is 1. The lowest BCUT2D eigenvalue weighted by Crippen LogP contribution is -2.34. The van der Waals surface area contributed by atoms with Crippen molar-refractivity contribution in [2.24, 2.45) is 0 Å². The summed E-state index contributed by atoms with van der Waals surface area (Å²) in [6.45, 7) is 9.63. The van der Waals surface area contributed by atoms with E-state index in [0.29, 0.717) is 0 Å². The molecule has 0 bridgehead atoms. The van der Waals surface area contributed by atoms with Gasteiger partial charge in [-0.05, 0) is 71.1 Å². The van der Waals surface area contributed by atoms with Crippen molar-refractivity contribution in [2.75, 3.05) is 4.90 Å². The summed E-state index contributed by atoms with van der Waals surface area (Å²) in [5.74, 6) is -0.431. The average Bonchev–Trinajstić information content (AvgIpc) is 3.26. The molecule has 3 aliphatic rings. The van der Waals surface area contributed by atoms with Crippen molar-refractivity contribution in [3.63, 3.8) is 0 Å². The number of rotatable bonds is 3. The van der Waals surface area contributed by atoms with Gasteiger partial charge >= 0.3 is 0 Å². The molecule has 0 N–H and O–H groups in total. The first-order chi connectivity index (χ1) is 12.9. The third-order valence-corrected chi connectivity index (χ3v) is 13.4. The van der Waals surface area contributed by atoms with Crippen LogP contribution in [0.2, 0.25) is 0 Å². The molecular formula is C22H29NO2P2. The predicted octanol–water partition coefficient (Wildman–Crippen LogP) is 4.47. The van der Waals surface area contributed by atoms with Crippen molar-refractivity contribution in [1.82, 2.24) is 0 Å². The van der Waals surface area contributed by atoms with Crippen LogP contribution >= 0.6 is 15.8 Å². The normalized spacial score (nSPS) is 36.2. The average molecular weight is 401 g/mol. The summed E-state index contributed by atoms with van der Waals surface area (Å²) in [6, 6.07) is 6.50. The smallest absolute Gasteiger partial charge is 0.258 e. The van der Waals surface area contributed by atoms with E-state index < -0.39 is 0 Å². The van der Waals surface area contributed by atoms with E-state index in [4.69, 9.17) is 0 Å². The molecule has 3 nitrogen and oxygen atoms in total. The zero-order valence-electron chi connectivity index (χ0n) is 16.7. The summed E-state index contributed by atoms with van der Waals surface area (Å²) in [6.07, 6.45) is 8.00. The van der Waals surface area contributed by atoms with Gasteiger partial charge in [-0.15, -0.1) is 0 Å². The van der Waals surface area contributed by atoms with E-state index in [2.05, 4.69) is 39.8 Å². The topological polar surface area (TPSA) is 37.4 Å². The highest BCUT2D eigenvalue weighted by molar-refractivity contribution is 7.73. The van der Waals surface area contributed by atoms with Crippen LogP contribution < -0.4 is 15.5 Å². The highest BCUT2D eigenvalue weighted by Crippen LogP contribution is 2.59. The van der Waals surface area contributed by atoms with Gasteiger partial charge in [0.2, 0.25) is 0 Å². The van der Waals surface area contributed by atoms with Gasteiger partial charge in [0, 0.05) is 12.2 Å². The molecule has 4 atom stereocenters. The third kappa shape index (κ3) is 3.32. The standard InChI is InChI=1S/C22H29NO2P2/c1-14-5-6-15(2)26(14)19-10-9-18(23-21(24)11-12-22(23)25)13-20(19)27-16(3)7-8-17(27)4/h9-17H,5-8H2,1-4H3. The van der Waals surface area contributed by atoms with E-state index in [1.807, 2.05) is 6.07 Å². The van der Waals surface area contributed by atoms with Gasteiger partial charge in [-0.3, -0.25) is 9.59 Å². The van der Waals surface area contributed by atoms with E-state index >= 15 is 0 Å². The van der Waals surface area contributed by atoms with Crippen LogP contribution in [0.5, 0.6) is 0 Å². The second-order valence-electron chi connectivity index (χ2n) is 8.38. The Morgan fingerprint density at radius 2 is 1.19 bits per heavy atom. The zero-order chi connectivity index (χ0) is 19.3. The monoisotopic (exact) mass is 401 g/mol. The molecule has 27 heavy (non-hydrogen) atoms. The van der Waals surface area contributed by atoms with Gasteiger partial charge in [0.05, 0.1) is 5.69 Å². The molecule has 0 aromatic heterocycles. The first-order valence-corrected chi connectivity index (χ1v) is 13.1. The minimum Gasteiger partial charge on any atom is -0.269 e. The highest BCUT2D eigenvalue weighted by atomic mass is 31.1. The molecule has 5 heteroatoms. The number of anilines is 1. The second kappa shape index (κ2) is 7.41. The molecule has 1 aromatic carbocycles. The zero-order valence-corrected chi connectivity index (χ0v) is 18.5. The fraction of sp³-hybridized carbons (Fsp3) is 0.545. The Balaban J connectivity index is 1.82. The minimum atomic E-state index is -0.250. The molecule has 3 aliphatic heterocycles. The third-order valence-electron chi connectivity index (χ3n) is 6.49. The summed E-state index contributed by atoms with van der Waals surface area (Å²) in [4.78, 5) is 25.8. The minimum absolute atomic E-state index is 0.172. The Hall–Kier alpha value is -1.04. The Bertz CT molecular complexity index is 768. The van der Waals surface area contributed by atoms with Gasteiger partial charge in [-0.2, -0.15) is 0 Å². The molecule has 2 fully saturated rings. The van der Waals surface area contributed by atoms with Crippen molar-refractivity contribution < 1.29 is 9.59 Å². The molecule has 0 radical (unpaired) electrons. The lowest BCUT2D eigenvalue weighted by atomic mass is 10.2. The lowest BCUT2D eigenvalue weighted by Gasteiger charge is -2.31. The molecule has 4 rings (SSSR count). The number of carbonyl (C=O) groups excluding carboxylic acids is 2. The van der Waals surface area contributed by atoms with Crippen molar-refractivity contribution in [3.05, 3.63) is 30.4 Å². The maximum atomic E-state index is 12.2. The van der Waals surface area contributed by atoms with Crippen LogP contribution in [0, 0.1) is 0 Å². The van der Waals surface area contributed by atoms with E-state index in [-0.39, 0.29) is 27.7 Å². The first-order valence-electron chi connectivity index (χ1n) is 10.2. The SMILES string of the molecule is CC1CCC(C)P1c1ccc(N2C(=O)C=CC2=O)cc1P1C(C)CCC1C. The number of nitrogens with zero attached hydrogens (tertiary/aromatic N) is 1. The molecule has 1 aromatic rings. The van der Waals surface area contributed by atoms with E-state index in [0.717, 1.165) is 28.3 Å². The molecule has 3 heterocycles. The van der Waals surface area contributed by atoms with Crippen molar-refractivity contribution in [1.29, 1.82) is 0 Å². The second-order valence-corrected chi connectivity index (χ2v) is 14.5. The largest absolute Gasteiger partial charge is 0.269 e. The number of hydrogen-bond donors (Lipinski definition) is 0. The highest BCUT2D eigenvalue weighted by Gasteiger charge is 2.38. The maximum Gasteiger partial charge on any atom is 0.258 e. The van der Waals surface area contributed by atoms with Crippen molar-refractivity contribution in [3.8, 4) is 0 Å². The van der Waals surface area contributed by atoms with E-state index in [1.54, 1.807) is 5.30 Å². The van der Waals surface area contributed by atoms with Gasteiger partial charge in [0.15, 0.2) is 0 Å². The number of amides is 2. The van der Waals surface area contributed by atoms with Crippen LogP contribution in [0.15, 0.2) is 30.4 Å². The fourth-order valence-electron chi connectivity index (χ4n) is 5.07. The molecule has 144 valence electrons. The summed E-state index contributed by atoms with van der Waals surface area (Å²) >= 11 is 0. The fourth-order valence-corrected chi connectivity index (χ4v) is 12.3. The van der Waals surface area contributed by atoms with Crippen molar-refractivity contribution >= 4 is 44.0 Å². The lowest BCUT2D eigenvalue weighted by molar-refractivity contribution is -0.119. The molecule has 4 unspecified atom stereocenters. The maximum absolute atomic E-state index is 12.2. The molecule has 0 saturated carbocycles. The number of carbonyl (C=O) groups is 2. The van der Waals surface area contributed by atoms with Crippen LogP contribution in [0.3, 0.4) is 0 Å². The van der Waals surface area contributed by atoms with Gasteiger partial charge in [-0.25, -0.2) is 4.90 Å². The van der Waals surface area contributed by atoms with E-state index in [9.17, 15) is 9.59 Å². The Kier molecular flexibility index (Phi) is 5.30. The molecule has 2 saturated heterocycles.